The molecule has 0 spiro atoms. The van der Waals surface area contributed by atoms with Crippen LogP contribution in [-0.2, 0) is 4.79 Å². The van der Waals surface area contributed by atoms with Crippen molar-refractivity contribution in [1.29, 1.82) is 0 Å². The molecule has 0 aromatic heterocycles. The zero-order valence-electron chi connectivity index (χ0n) is 16.7. The molecule has 0 aromatic rings. The van der Waals surface area contributed by atoms with E-state index in [1.54, 1.807) is 0 Å². The first-order valence-electron chi connectivity index (χ1n) is 10.1. The van der Waals surface area contributed by atoms with Crippen molar-refractivity contribution < 1.29 is 4.79 Å². The molecule has 0 radical (unpaired) electrons. The maximum absolute atomic E-state index is 12.4. The highest BCUT2D eigenvalue weighted by molar-refractivity contribution is 5.86. The van der Waals surface area contributed by atoms with Gasteiger partial charge in [0, 0.05) is 18.5 Å². The van der Waals surface area contributed by atoms with Gasteiger partial charge < -0.3 is 15.5 Å². The molecule has 2 N–H and O–H groups in total. The molecule has 1 atom stereocenters. The fraction of sp³-hybridized carbons (Fsp3) is 0.947. The summed E-state index contributed by atoms with van der Waals surface area (Å²) in [5.74, 6) is 0.965. The van der Waals surface area contributed by atoms with Gasteiger partial charge in [-0.1, -0.05) is 6.42 Å². The van der Waals surface area contributed by atoms with Crippen molar-refractivity contribution in [1.82, 2.24) is 20.4 Å². The van der Waals surface area contributed by atoms with E-state index in [4.69, 9.17) is 0 Å². The Morgan fingerprint density at radius 1 is 1.07 bits per heavy atom. The van der Waals surface area contributed by atoms with E-state index in [9.17, 15) is 4.79 Å². The third-order valence-electron chi connectivity index (χ3n) is 6.50. The van der Waals surface area contributed by atoms with E-state index < -0.39 is 0 Å². The van der Waals surface area contributed by atoms with Crippen molar-refractivity contribution in [2.24, 2.45) is 5.92 Å². The fourth-order valence-corrected chi connectivity index (χ4v) is 4.66. The molecule has 0 bridgehead atoms. The quantitative estimate of drug-likeness (QED) is 0.660. The van der Waals surface area contributed by atoms with Gasteiger partial charge in [-0.3, -0.25) is 9.69 Å². The summed E-state index contributed by atoms with van der Waals surface area (Å²) < 4.78 is 0. The van der Waals surface area contributed by atoms with Gasteiger partial charge in [-0.25, -0.2) is 0 Å². The van der Waals surface area contributed by atoms with E-state index in [1.807, 2.05) is 0 Å². The number of rotatable bonds is 6. The molecule has 162 valence electrons. The van der Waals surface area contributed by atoms with E-state index in [0.29, 0.717) is 12.3 Å². The van der Waals surface area contributed by atoms with Gasteiger partial charge >= 0.3 is 0 Å². The molecule has 1 unspecified atom stereocenters. The maximum Gasteiger partial charge on any atom is 0.220 e. The van der Waals surface area contributed by atoms with Gasteiger partial charge in [0.05, 0.1) is 0 Å². The Kier molecular flexibility index (Phi) is 13.6. The number of amides is 1. The molecule has 3 aliphatic rings. The summed E-state index contributed by atoms with van der Waals surface area (Å²) in [4.78, 5) is 17.5. The molecule has 3 fully saturated rings. The molecule has 0 aromatic carbocycles. The lowest BCUT2D eigenvalue weighted by Crippen LogP contribution is -2.61. The first kappa shape index (κ1) is 27.2. The van der Waals surface area contributed by atoms with Crippen LogP contribution in [0.1, 0.15) is 51.4 Å². The number of hydrogen-bond donors (Lipinski definition) is 2. The first-order valence-corrected chi connectivity index (χ1v) is 10.1. The average molecular weight is 446 g/mol. The molecular weight excluding hydrogens is 407 g/mol. The van der Waals surface area contributed by atoms with Crippen molar-refractivity contribution in [2.45, 2.75) is 56.9 Å². The van der Waals surface area contributed by atoms with Gasteiger partial charge in [0.25, 0.3) is 0 Å². The predicted molar refractivity (Wildman–Crippen MR) is 120 cm³/mol. The highest BCUT2D eigenvalue weighted by Crippen LogP contribution is 2.31. The molecule has 3 aliphatic heterocycles. The van der Waals surface area contributed by atoms with Crippen molar-refractivity contribution >= 4 is 43.1 Å². The predicted octanol–water partition coefficient (Wildman–Crippen LogP) is 2.71. The molecule has 3 rings (SSSR count). The molecule has 27 heavy (non-hydrogen) atoms. The molecule has 3 saturated heterocycles. The summed E-state index contributed by atoms with van der Waals surface area (Å²) in [6, 6.07) is 0. The summed E-state index contributed by atoms with van der Waals surface area (Å²) in [5, 5.41) is 6.70. The first-order chi connectivity index (χ1) is 11.7. The van der Waals surface area contributed by atoms with E-state index in [0.717, 1.165) is 39.1 Å². The Bertz CT molecular complexity index is 408. The monoisotopic (exact) mass is 444 g/mol. The van der Waals surface area contributed by atoms with Crippen LogP contribution in [0.15, 0.2) is 0 Å². The number of nitrogens with one attached hydrogen (secondary N) is 2. The topological polar surface area (TPSA) is 47.6 Å². The number of piperidine rings is 2. The fourth-order valence-electron chi connectivity index (χ4n) is 4.66. The van der Waals surface area contributed by atoms with E-state index >= 15 is 0 Å². The van der Waals surface area contributed by atoms with Crippen molar-refractivity contribution in [3.8, 4) is 0 Å². The highest BCUT2D eigenvalue weighted by Gasteiger charge is 2.39. The summed E-state index contributed by atoms with van der Waals surface area (Å²) in [6.45, 7) is 7.80. The summed E-state index contributed by atoms with van der Waals surface area (Å²) in [7, 11) is 2.22. The standard InChI is InChI=1S/C19H36N4O.3ClH/c1-22-13-8-19(9-14-22,23-11-3-2-4-12-23)16-21-18(24)6-5-17-7-10-20-15-17;;;/h17,20H,2-16H2,1H3,(H,21,24);3*1H. The average Bonchev–Trinajstić information content (AvgIpc) is 3.14. The Balaban J connectivity index is 0.00000225. The number of halogens is 3. The lowest BCUT2D eigenvalue weighted by Gasteiger charge is -2.50. The van der Waals surface area contributed by atoms with E-state index in [1.165, 1.54) is 51.6 Å². The Hall–Kier alpha value is 0.220. The largest absolute Gasteiger partial charge is 0.354 e. The number of likely N-dealkylation sites (tertiary alicyclic amines) is 2. The Labute approximate surface area is 184 Å². The Morgan fingerprint density at radius 3 is 2.33 bits per heavy atom. The third-order valence-corrected chi connectivity index (χ3v) is 6.50. The van der Waals surface area contributed by atoms with Gasteiger partial charge in [0.1, 0.15) is 0 Å². The van der Waals surface area contributed by atoms with Crippen LogP contribution in [0.2, 0.25) is 0 Å². The van der Waals surface area contributed by atoms with Crippen LogP contribution in [0.4, 0.5) is 0 Å². The normalized spacial score (nSPS) is 25.6. The second kappa shape index (κ2) is 13.4. The lowest BCUT2D eigenvalue weighted by molar-refractivity contribution is -0.122. The smallest absolute Gasteiger partial charge is 0.220 e. The van der Waals surface area contributed by atoms with Crippen LogP contribution in [0.25, 0.3) is 0 Å². The summed E-state index contributed by atoms with van der Waals surface area (Å²) >= 11 is 0. The van der Waals surface area contributed by atoms with Crippen LogP contribution in [0.5, 0.6) is 0 Å². The van der Waals surface area contributed by atoms with Gasteiger partial charge in [0.2, 0.25) is 5.91 Å². The molecule has 5 nitrogen and oxygen atoms in total. The zero-order valence-corrected chi connectivity index (χ0v) is 19.2. The highest BCUT2D eigenvalue weighted by atomic mass is 35.5. The number of nitrogens with zero attached hydrogens (tertiary/aromatic N) is 2. The molecule has 0 saturated carbocycles. The van der Waals surface area contributed by atoms with Crippen LogP contribution in [0, 0.1) is 5.92 Å². The van der Waals surface area contributed by atoms with Crippen LogP contribution < -0.4 is 10.6 Å². The minimum absolute atomic E-state index is 0. The maximum atomic E-state index is 12.4. The second-order valence-corrected chi connectivity index (χ2v) is 8.25. The summed E-state index contributed by atoms with van der Waals surface area (Å²) in [5.41, 5.74) is 0.206. The van der Waals surface area contributed by atoms with Crippen LogP contribution >= 0.6 is 37.2 Å². The van der Waals surface area contributed by atoms with Gasteiger partial charge in [-0.15, -0.1) is 37.2 Å². The molecular formula is C19H39Cl3N4O. The van der Waals surface area contributed by atoms with Gasteiger partial charge in [0.15, 0.2) is 0 Å². The second-order valence-electron chi connectivity index (χ2n) is 8.25. The van der Waals surface area contributed by atoms with Gasteiger partial charge in [-0.05, 0) is 90.8 Å². The van der Waals surface area contributed by atoms with Crippen molar-refractivity contribution in [3.05, 3.63) is 0 Å². The minimum atomic E-state index is 0. The molecule has 8 heteroatoms. The molecule has 3 heterocycles. The lowest BCUT2D eigenvalue weighted by atomic mass is 9.84. The van der Waals surface area contributed by atoms with Crippen molar-refractivity contribution in [2.75, 3.05) is 52.9 Å². The number of carbonyl (C=O) groups is 1. The zero-order chi connectivity index (χ0) is 16.8. The Morgan fingerprint density at radius 2 is 1.74 bits per heavy atom. The van der Waals surface area contributed by atoms with E-state index in [2.05, 4.69) is 27.5 Å². The van der Waals surface area contributed by atoms with Crippen LogP contribution in [-0.4, -0.2) is 74.1 Å². The molecule has 0 aliphatic carbocycles. The van der Waals surface area contributed by atoms with Crippen LogP contribution in [0.3, 0.4) is 0 Å². The van der Waals surface area contributed by atoms with Crippen molar-refractivity contribution in [3.63, 3.8) is 0 Å². The number of carbonyl (C=O) groups excluding carboxylic acids is 1. The summed E-state index contributed by atoms with van der Waals surface area (Å²) in [6.07, 6.45) is 9.36. The minimum Gasteiger partial charge on any atom is -0.354 e. The SMILES string of the molecule is CN1CCC(CNC(=O)CCC2CCNC2)(N2CCCCC2)CC1.Cl.Cl.Cl. The molecule has 1 amide bonds. The van der Waals surface area contributed by atoms with Gasteiger partial charge in [-0.2, -0.15) is 0 Å². The third kappa shape index (κ3) is 7.87. The number of hydrogen-bond acceptors (Lipinski definition) is 4. The van der Waals surface area contributed by atoms with E-state index in [-0.39, 0.29) is 48.7 Å².